The van der Waals surface area contributed by atoms with Gasteiger partial charge in [-0.25, -0.2) is 0 Å². The Labute approximate surface area is 233 Å². The summed E-state index contributed by atoms with van der Waals surface area (Å²) in [5.41, 5.74) is 3.02. The Morgan fingerprint density at radius 3 is 2.35 bits per heavy atom. The van der Waals surface area contributed by atoms with Crippen LogP contribution in [0.5, 0.6) is 0 Å². The number of hydrogen-bond acceptors (Lipinski definition) is 3. The van der Waals surface area contributed by atoms with Gasteiger partial charge in [0.2, 0.25) is 0 Å². The van der Waals surface area contributed by atoms with E-state index in [1.165, 1.54) is 5.56 Å². The first-order valence-electron chi connectivity index (χ1n) is 12.7. The van der Waals surface area contributed by atoms with Gasteiger partial charge in [0.1, 0.15) is 0 Å². The van der Waals surface area contributed by atoms with Crippen LogP contribution in [0.4, 0.5) is 0 Å². The first kappa shape index (κ1) is 27.8. The second-order valence-electron chi connectivity index (χ2n) is 9.82. The summed E-state index contributed by atoms with van der Waals surface area (Å²) in [6.07, 6.45) is 4.78. The minimum atomic E-state index is -0.975. The quantitative estimate of drug-likeness (QED) is 0.289. The zero-order chi connectivity index (χ0) is 26.4. The predicted molar refractivity (Wildman–Crippen MR) is 154 cm³/mol. The lowest BCUT2D eigenvalue weighted by Crippen LogP contribution is -2.36. The smallest absolute Gasteiger partial charge is 0.253 e. The van der Waals surface area contributed by atoms with E-state index in [-0.39, 0.29) is 11.8 Å². The molecule has 3 aromatic rings. The molecule has 1 fully saturated rings. The van der Waals surface area contributed by atoms with E-state index >= 15 is 0 Å². The van der Waals surface area contributed by atoms with Gasteiger partial charge in [-0.15, -0.1) is 0 Å². The van der Waals surface area contributed by atoms with Crippen LogP contribution in [0.15, 0.2) is 77.7 Å². The van der Waals surface area contributed by atoms with Crippen LogP contribution in [0.3, 0.4) is 0 Å². The van der Waals surface area contributed by atoms with Crippen LogP contribution < -0.4 is 0 Å². The van der Waals surface area contributed by atoms with Crippen LogP contribution in [0.2, 0.25) is 10.0 Å². The van der Waals surface area contributed by atoms with Gasteiger partial charge in [-0.2, -0.15) is 0 Å². The molecule has 0 aromatic heterocycles. The number of likely N-dealkylation sites (N-methyl/N-ethyl adjacent to an activating group) is 1. The van der Waals surface area contributed by atoms with Gasteiger partial charge in [0, 0.05) is 36.2 Å². The number of benzene rings is 3. The SMILES string of the molecule is CN(C[C@@H](CCN1CCC(c2ccccc2S(C)=O)CC1)c1ccc(Cl)c(Cl)c1)C(=O)c1ccccc1. The van der Waals surface area contributed by atoms with Crippen molar-refractivity contribution in [2.75, 3.05) is 39.5 Å². The minimum Gasteiger partial charge on any atom is -0.341 e. The molecule has 4 nitrogen and oxygen atoms in total. The minimum absolute atomic E-state index is 0.0125. The van der Waals surface area contributed by atoms with E-state index in [0.29, 0.717) is 28.1 Å². The molecule has 2 atom stereocenters. The highest BCUT2D eigenvalue weighted by Crippen LogP contribution is 2.33. The van der Waals surface area contributed by atoms with Crippen molar-refractivity contribution in [1.82, 2.24) is 9.80 Å². The fraction of sp³-hybridized carbons (Fsp3) is 0.367. The number of halogens is 2. The third-order valence-corrected chi connectivity index (χ3v) is 9.06. The normalized spacial score (nSPS) is 16.3. The van der Waals surface area contributed by atoms with Crippen LogP contribution in [-0.4, -0.2) is 59.4 Å². The third kappa shape index (κ3) is 7.23. The van der Waals surface area contributed by atoms with Gasteiger partial charge >= 0.3 is 0 Å². The fourth-order valence-electron chi connectivity index (χ4n) is 5.23. The van der Waals surface area contributed by atoms with E-state index in [9.17, 15) is 9.00 Å². The second-order valence-corrected chi connectivity index (χ2v) is 12.0. The Balaban J connectivity index is 1.41. The topological polar surface area (TPSA) is 40.6 Å². The Morgan fingerprint density at radius 1 is 1.00 bits per heavy atom. The average molecular weight is 558 g/mol. The molecule has 1 heterocycles. The molecule has 1 aliphatic rings. The molecule has 0 N–H and O–H groups in total. The van der Waals surface area contributed by atoms with Crippen molar-refractivity contribution in [3.05, 3.63) is 99.5 Å². The molecular formula is C30H34Cl2N2O2S. The zero-order valence-corrected chi connectivity index (χ0v) is 23.7. The van der Waals surface area contributed by atoms with E-state index < -0.39 is 10.8 Å². The molecule has 1 aliphatic heterocycles. The van der Waals surface area contributed by atoms with Crippen molar-refractivity contribution in [3.63, 3.8) is 0 Å². The molecule has 1 unspecified atom stereocenters. The summed E-state index contributed by atoms with van der Waals surface area (Å²) < 4.78 is 12.2. The lowest BCUT2D eigenvalue weighted by molar-refractivity contribution is 0.0781. The molecule has 3 aromatic carbocycles. The van der Waals surface area contributed by atoms with E-state index in [0.717, 1.165) is 49.4 Å². The molecule has 0 aliphatic carbocycles. The molecule has 0 spiro atoms. The van der Waals surface area contributed by atoms with Gasteiger partial charge < -0.3 is 9.80 Å². The molecule has 0 radical (unpaired) electrons. The number of nitrogens with zero attached hydrogens (tertiary/aromatic N) is 2. The summed E-state index contributed by atoms with van der Waals surface area (Å²) in [6, 6.07) is 23.3. The summed E-state index contributed by atoms with van der Waals surface area (Å²) in [6.45, 7) is 3.54. The number of rotatable bonds is 9. The maximum atomic E-state index is 13.0. The average Bonchev–Trinajstić information content (AvgIpc) is 2.92. The lowest BCUT2D eigenvalue weighted by atomic mass is 9.88. The van der Waals surface area contributed by atoms with Crippen molar-refractivity contribution in [2.45, 2.75) is 36.0 Å². The molecule has 0 bridgehead atoms. The molecule has 0 saturated carbocycles. The number of carbonyl (C=O) groups excluding carboxylic acids is 1. The van der Waals surface area contributed by atoms with Crippen molar-refractivity contribution in [1.29, 1.82) is 0 Å². The predicted octanol–water partition coefficient (Wildman–Crippen LogP) is 6.86. The highest BCUT2D eigenvalue weighted by atomic mass is 35.5. The van der Waals surface area contributed by atoms with Crippen LogP contribution in [-0.2, 0) is 10.8 Å². The molecule has 1 amide bonds. The Kier molecular flexibility index (Phi) is 9.83. The monoisotopic (exact) mass is 556 g/mol. The summed E-state index contributed by atoms with van der Waals surface area (Å²) in [5.74, 6) is 0.587. The first-order chi connectivity index (χ1) is 17.8. The number of carbonyl (C=O) groups is 1. The largest absolute Gasteiger partial charge is 0.341 e. The van der Waals surface area contributed by atoms with Crippen molar-refractivity contribution < 1.29 is 9.00 Å². The Morgan fingerprint density at radius 2 is 1.68 bits per heavy atom. The summed E-state index contributed by atoms with van der Waals surface area (Å²) in [7, 11) is 0.886. The van der Waals surface area contributed by atoms with Crippen molar-refractivity contribution in [2.24, 2.45) is 0 Å². The standard InChI is InChI=1S/C30H34Cl2N2O2S/c1-33(30(35)23-8-4-3-5-9-23)21-25(24-12-13-27(31)28(32)20-24)16-19-34-17-14-22(15-18-34)26-10-6-7-11-29(26)37(2)36/h3-13,20,22,25H,14-19,21H2,1-2H3/t25-,37?/m1/s1. The van der Waals surface area contributed by atoms with Gasteiger partial charge in [-0.1, -0.05) is 65.7 Å². The van der Waals surface area contributed by atoms with E-state index in [1.54, 1.807) is 11.2 Å². The second kappa shape index (κ2) is 13.1. The van der Waals surface area contributed by atoms with E-state index in [4.69, 9.17) is 23.2 Å². The van der Waals surface area contributed by atoms with Crippen molar-refractivity contribution in [3.8, 4) is 0 Å². The number of hydrogen-bond donors (Lipinski definition) is 0. The van der Waals surface area contributed by atoms with Crippen LogP contribution in [0.1, 0.15) is 52.6 Å². The molecule has 1 saturated heterocycles. The summed E-state index contributed by atoms with van der Waals surface area (Å²) in [4.78, 5) is 18.3. The maximum absolute atomic E-state index is 13.0. The van der Waals surface area contributed by atoms with Crippen molar-refractivity contribution >= 4 is 39.9 Å². The number of likely N-dealkylation sites (tertiary alicyclic amines) is 1. The molecule has 196 valence electrons. The highest BCUT2D eigenvalue weighted by molar-refractivity contribution is 7.84. The van der Waals surface area contributed by atoms with E-state index in [2.05, 4.69) is 11.0 Å². The first-order valence-corrected chi connectivity index (χ1v) is 15.0. The molecule has 7 heteroatoms. The maximum Gasteiger partial charge on any atom is 0.253 e. The lowest BCUT2D eigenvalue weighted by Gasteiger charge is -2.34. The molecule has 37 heavy (non-hydrogen) atoms. The summed E-state index contributed by atoms with van der Waals surface area (Å²) in [5, 5.41) is 1.07. The van der Waals surface area contributed by atoms with Gasteiger partial charge in [0.05, 0.1) is 20.8 Å². The van der Waals surface area contributed by atoms with Crippen LogP contribution >= 0.6 is 23.2 Å². The summed E-state index contributed by atoms with van der Waals surface area (Å²) >= 11 is 12.6. The van der Waals surface area contributed by atoms with E-state index in [1.807, 2.05) is 73.8 Å². The highest BCUT2D eigenvalue weighted by Gasteiger charge is 2.25. The third-order valence-electron chi connectivity index (χ3n) is 7.33. The Hall–Kier alpha value is -2.18. The fourth-order valence-corrected chi connectivity index (χ4v) is 6.37. The number of amides is 1. The molecular weight excluding hydrogens is 523 g/mol. The van der Waals surface area contributed by atoms with Crippen LogP contribution in [0, 0.1) is 0 Å². The van der Waals surface area contributed by atoms with Gasteiger partial charge in [-0.05, 0) is 86.3 Å². The van der Waals surface area contributed by atoms with Crippen LogP contribution in [0.25, 0.3) is 0 Å². The Bertz CT molecular complexity index is 1230. The number of piperidine rings is 1. The van der Waals surface area contributed by atoms with Gasteiger partial charge in [0.15, 0.2) is 0 Å². The zero-order valence-electron chi connectivity index (χ0n) is 21.4. The van der Waals surface area contributed by atoms with Gasteiger partial charge in [-0.3, -0.25) is 9.00 Å². The molecule has 4 rings (SSSR count). The van der Waals surface area contributed by atoms with Gasteiger partial charge in [0.25, 0.3) is 5.91 Å².